The van der Waals surface area contributed by atoms with Crippen LogP contribution in [0.2, 0.25) is 5.02 Å². The molecule has 0 bridgehead atoms. The van der Waals surface area contributed by atoms with Gasteiger partial charge in [-0.25, -0.2) is 4.98 Å². The monoisotopic (exact) mass is 272 g/mol. The second-order valence-corrected chi connectivity index (χ2v) is 5.39. The lowest BCUT2D eigenvalue weighted by molar-refractivity contribution is 0.408. The first-order chi connectivity index (χ1) is 8.41. The van der Waals surface area contributed by atoms with Gasteiger partial charge in [0.05, 0.1) is 6.33 Å². The first-order valence-corrected chi connectivity index (χ1v) is 6.42. The molecule has 102 valence electrons. The molecular formula is C12H21ClN4O. The number of anilines is 1. The number of likely N-dealkylation sites (N-methyl/N-ethyl adjacent to an activating group) is 1. The second-order valence-electron chi connectivity index (χ2n) is 5.01. The summed E-state index contributed by atoms with van der Waals surface area (Å²) in [6.07, 6.45) is 1.40. The molecule has 0 atom stereocenters. The summed E-state index contributed by atoms with van der Waals surface area (Å²) in [6.45, 7) is 6.76. The molecule has 1 rings (SSSR count). The molecule has 1 N–H and O–H groups in total. The number of hydrogen-bond acceptors (Lipinski definition) is 4. The smallest absolute Gasteiger partial charge is 0.271 e. The highest BCUT2D eigenvalue weighted by atomic mass is 35.5. The Bertz CT molecular complexity index is 430. The van der Waals surface area contributed by atoms with Crippen LogP contribution in [0.25, 0.3) is 0 Å². The van der Waals surface area contributed by atoms with Gasteiger partial charge in [0.1, 0.15) is 5.02 Å². The normalized spacial score (nSPS) is 11.3. The molecule has 0 saturated heterocycles. The van der Waals surface area contributed by atoms with E-state index in [-0.39, 0.29) is 10.6 Å². The van der Waals surface area contributed by atoms with E-state index < -0.39 is 0 Å². The number of nitrogens with one attached hydrogen (secondary N) is 1. The Hall–Kier alpha value is -1.07. The first kappa shape index (κ1) is 15.0. The number of hydrogen-bond donors (Lipinski definition) is 1. The van der Waals surface area contributed by atoms with Gasteiger partial charge in [-0.1, -0.05) is 25.4 Å². The van der Waals surface area contributed by atoms with E-state index in [2.05, 4.69) is 33.6 Å². The van der Waals surface area contributed by atoms with Crippen LogP contribution in [0.5, 0.6) is 0 Å². The predicted molar refractivity (Wildman–Crippen MR) is 75.5 cm³/mol. The fourth-order valence-electron chi connectivity index (χ4n) is 1.64. The van der Waals surface area contributed by atoms with Crippen LogP contribution in [0.4, 0.5) is 5.82 Å². The third kappa shape index (κ3) is 4.31. The van der Waals surface area contributed by atoms with Crippen molar-refractivity contribution in [2.45, 2.75) is 13.8 Å². The third-order valence-electron chi connectivity index (χ3n) is 2.48. The molecule has 0 unspecified atom stereocenters. The average molecular weight is 273 g/mol. The van der Waals surface area contributed by atoms with Gasteiger partial charge in [-0.05, 0) is 20.0 Å². The molecular weight excluding hydrogens is 252 g/mol. The minimum atomic E-state index is -0.291. The topological polar surface area (TPSA) is 52.2 Å². The maximum atomic E-state index is 11.5. The zero-order valence-electron chi connectivity index (χ0n) is 11.4. The number of aromatic amines is 1. The maximum Gasteiger partial charge on any atom is 0.271 e. The number of rotatable bonds is 6. The van der Waals surface area contributed by atoms with E-state index >= 15 is 0 Å². The van der Waals surface area contributed by atoms with Crippen LogP contribution in [-0.2, 0) is 0 Å². The summed E-state index contributed by atoms with van der Waals surface area (Å²) >= 11 is 6.03. The number of nitrogens with zero attached hydrogens (tertiary/aromatic N) is 3. The Balaban J connectivity index is 2.94. The van der Waals surface area contributed by atoms with Gasteiger partial charge in [-0.3, -0.25) is 4.79 Å². The predicted octanol–water partition coefficient (Wildman–Crippen LogP) is 1.45. The van der Waals surface area contributed by atoms with Crippen LogP contribution >= 0.6 is 11.6 Å². The summed E-state index contributed by atoms with van der Waals surface area (Å²) in [5.41, 5.74) is -0.291. The summed E-state index contributed by atoms with van der Waals surface area (Å²) in [4.78, 5) is 22.3. The van der Waals surface area contributed by atoms with Crippen molar-refractivity contribution in [2.24, 2.45) is 5.92 Å². The van der Waals surface area contributed by atoms with Crippen molar-refractivity contribution in [1.29, 1.82) is 0 Å². The van der Waals surface area contributed by atoms with Gasteiger partial charge in [0.25, 0.3) is 5.56 Å². The Morgan fingerprint density at radius 2 is 2.06 bits per heavy atom. The number of H-pyrrole nitrogens is 1. The van der Waals surface area contributed by atoms with Gasteiger partial charge < -0.3 is 14.8 Å². The second kappa shape index (κ2) is 6.75. The SMILES string of the molecule is CC(C)CN(CCN(C)C)c1nc[nH]c(=O)c1Cl. The van der Waals surface area contributed by atoms with E-state index in [0.717, 1.165) is 19.6 Å². The van der Waals surface area contributed by atoms with Crippen LogP contribution < -0.4 is 10.5 Å². The molecule has 0 aliphatic rings. The zero-order chi connectivity index (χ0) is 13.7. The average Bonchev–Trinajstić information content (AvgIpc) is 2.27. The van der Waals surface area contributed by atoms with E-state index in [1.165, 1.54) is 6.33 Å². The lowest BCUT2D eigenvalue weighted by atomic mass is 10.2. The Morgan fingerprint density at radius 3 is 2.61 bits per heavy atom. The van der Waals surface area contributed by atoms with Crippen LogP contribution in [0.15, 0.2) is 11.1 Å². The lowest BCUT2D eigenvalue weighted by Gasteiger charge is -2.27. The van der Waals surface area contributed by atoms with Gasteiger partial charge in [-0.2, -0.15) is 0 Å². The minimum absolute atomic E-state index is 0.164. The van der Waals surface area contributed by atoms with E-state index in [0.29, 0.717) is 11.7 Å². The van der Waals surface area contributed by atoms with Crippen molar-refractivity contribution >= 4 is 17.4 Å². The van der Waals surface area contributed by atoms with Crippen LogP contribution in [-0.4, -0.2) is 48.6 Å². The van der Waals surface area contributed by atoms with Gasteiger partial charge in [0.2, 0.25) is 0 Å². The highest BCUT2D eigenvalue weighted by Gasteiger charge is 2.15. The molecule has 1 aromatic rings. The molecule has 0 fully saturated rings. The summed E-state index contributed by atoms with van der Waals surface area (Å²) in [5.74, 6) is 1.04. The Kier molecular flexibility index (Phi) is 5.62. The van der Waals surface area contributed by atoms with Crippen LogP contribution in [0.1, 0.15) is 13.8 Å². The van der Waals surface area contributed by atoms with Crippen molar-refractivity contribution in [1.82, 2.24) is 14.9 Å². The van der Waals surface area contributed by atoms with Crippen molar-refractivity contribution in [2.75, 3.05) is 38.6 Å². The van der Waals surface area contributed by atoms with E-state index in [1.54, 1.807) is 0 Å². The van der Waals surface area contributed by atoms with Crippen LogP contribution in [0.3, 0.4) is 0 Å². The van der Waals surface area contributed by atoms with Crippen molar-refractivity contribution in [3.05, 3.63) is 21.7 Å². The largest absolute Gasteiger partial charge is 0.354 e. The fraction of sp³-hybridized carbons (Fsp3) is 0.667. The summed E-state index contributed by atoms with van der Waals surface area (Å²) in [7, 11) is 4.03. The summed E-state index contributed by atoms with van der Waals surface area (Å²) in [6, 6.07) is 0. The van der Waals surface area contributed by atoms with E-state index in [1.807, 2.05) is 14.1 Å². The van der Waals surface area contributed by atoms with E-state index in [4.69, 9.17) is 11.6 Å². The van der Waals surface area contributed by atoms with Crippen molar-refractivity contribution < 1.29 is 0 Å². The molecule has 5 nitrogen and oxygen atoms in total. The van der Waals surface area contributed by atoms with Gasteiger partial charge in [0, 0.05) is 19.6 Å². The third-order valence-corrected chi connectivity index (χ3v) is 2.82. The van der Waals surface area contributed by atoms with E-state index in [9.17, 15) is 4.79 Å². The maximum absolute atomic E-state index is 11.5. The van der Waals surface area contributed by atoms with Gasteiger partial charge >= 0.3 is 0 Å². The first-order valence-electron chi connectivity index (χ1n) is 6.04. The van der Waals surface area contributed by atoms with Crippen LogP contribution in [0, 0.1) is 5.92 Å². The fourth-order valence-corrected chi connectivity index (χ4v) is 1.86. The zero-order valence-corrected chi connectivity index (χ0v) is 12.2. The van der Waals surface area contributed by atoms with Crippen molar-refractivity contribution in [3.63, 3.8) is 0 Å². The number of halogens is 1. The van der Waals surface area contributed by atoms with Gasteiger partial charge in [0.15, 0.2) is 5.82 Å². The number of aromatic nitrogens is 2. The molecule has 0 aromatic carbocycles. The van der Waals surface area contributed by atoms with Crippen molar-refractivity contribution in [3.8, 4) is 0 Å². The molecule has 0 saturated carbocycles. The summed E-state index contributed by atoms with van der Waals surface area (Å²) in [5, 5.41) is 0.164. The highest BCUT2D eigenvalue weighted by molar-refractivity contribution is 6.32. The summed E-state index contributed by atoms with van der Waals surface area (Å²) < 4.78 is 0. The lowest BCUT2D eigenvalue weighted by Crippen LogP contribution is -2.36. The molecule has 1 heterocycles. The highest BCUT2D eigenvalue weighted by Crippen LogP contribution is 2.19. The molecule has 6 heteroatoms. The minimum Gasteiger partial charge on any atom is -0.354 e. The molecule has 0 spiro atoms. The quantitative estimate of drug-likeness (QED) is 0.852. The Morgan fingerprint density at radius 1 is 1.39 bits per heavy atom. The molecule has 18 heavy (non-hydrogen) atoms. The molecule has 0 amide bonds. The molecule has 0 radical (unpaired) electrons. The molecule has 0 aliphatic heterocycles. The molecule has 0 aliphatic carbocycles. The molecule has 1 aromatic heterocycles. The van der Waals surface area contributed by atoms with Gasteiger partial charge in [-0.15, -0.1) is 0 Å². The Labute approximate surface area is 113 Å². The standard InChI is InChI=1S/C12H21ClN4O/c1-9(2)7-17(6-5-16(3)4)11-10(13)12(18)15-8-14-11/h8-9H,5-7H2,1-4H3,(H,14,15,18).